The number of esters is 1. The molecule has 2 saturated heterocycles. The van der Waals surface area contributed by atoms with Crippen LogP contribution in [0.1, 0.15) is 51.0 Å². The second-order valence-corrected chi connectivity index (χ2v) is 12.3. The molecule has 0 bridgehead atoms. The van der Waals surface area contributed by atoms with Crippen molar-refractivity contribution in [3.05, 3.63) is 42.1 Å². The van der Waals surface area contributed by atoms with E-state index in [1.165, 1.54) is 0 Å². The molecule has 242 valence electrons. The van der Waals surface area contributed by atoms with Gasteiger partial charge in [0.1, 0.15) is 17.6 Å². The van der Waals surface area contributed by atoms with Crippen LogP contribution in [0, 0.1) is 23.7 Å². The Hall–Kier alpha value is -4.22. The summed E-state index contributed by atoms with van der Waals surface area (Å²) in [6.45, 7) is 11.1. The molecule has 45 heavy (non-hydrogen) atoms. The predicted molar refractivity (Wildman–Crippen MR) is 167 cm³/mol. The lowest BCUT2D eigenvalue weighted by molar-refractivity contribution is -0.145. The Bertz CT molecular complexity index is 1370. The van der Waals surface area contributed by atoms with Gasteiger partial charge < -0.3 is 29.5 Å². The van der Waals surface area contributed by atoms with Crippen molar-refractivity contribution in [3.63, 3.8) is 0 Å². The third kappa shape index (κ3) is 7.37. The number of benzene rings is 1. The maximum absolute atomic E-state index is 13.7. The second-order valence-electron chi connectivity index (χ2n) is 12.3. The van der Waals surface area contributed by atoms with Crippen LogP contribution in [0.2, 0.25) is 0 Å². The van der Waals surface area contributed by atoms with Gasteiger partial charge in [0.25, 0.3) is 5.91 Å². The van der Waals surface area contributed by atoms with E-state index in [4.69, 9.17) is 14.5 Å². The number of anilines is 1. The van der Waals surface area contributed by atoms with Crippen LogP contribution in [0.5, 0.6) is 0 Å². The lowest BCUT2D eigenvalue weighted by Crippen LogP contribution is -2.57. The van der Waals surface area contributed by atoms with Crippen LogP contribution in [-0.2, 0) is 19.1 Å². The van der Waals surface area contributed by atoms with Crippen molar-refractivity contribution >= 4 is 29.7 Å². The molecule has 3 heterocycles. The molecule has 3 amide bonds. The number of ether oxygens (including phenoxy) is 2. The summed E-state index contributed by atoms with van der Waals surface area (Å²) in [7, 11) is 0. The summed E-state index contributed by atoms with van der Waals surface area (Å²) in [5.74, 6) is 0.376. The highest BCUT2D eigenvalue weighted by molar-refractivity contribution is 5.97. The first kappa shape index (κ1) is 32.2. The van der Waals surface area contributed by atoms with Crippen molar-refractivity contribution in [1.82, 2.24) is 25.1 Å². The van der Waals surface area contributed by atoms with Gasteiger partial charge in [-0.3, -0.25) is 14.4 Å². The summed E-state index contributed by atoms with van der Waals surface area (Å²) in [6.07, 6.45) is 1.40. The summed E-state index contributed by atoms with van der Waals surface area (Å²) in [5.41, 5.74) is 0.934. The molecule has 1 unspecified atom stereocenters. The summed E-state index contributed by atoms with van der Waals surface area (Å²) in [6, 6.07) is 10.3. The molecule has 12 nitrogen and oxygen atoms in total. The lowest BCUT2D eigenvalue weighted by Gasteiger charge is -2.36. The van der Waals surface area contributed by atoms with E-state index in [0.29, 0.717) is 64.1 Å². The van der Waals surface area contributed by atoms with Crippen LogP contribution >= 0.6 is 0 Å². The molecule has 12 heteroatoms. The van der Waals surface area contributed by atoms with Gasteiger partial charge in [-0.15, -0.1) is 0 Å². The zero-order valence-electron chi connectivity index (χ0n) is 26.6. The Morgan fingerprint density at radius 3 is 2.22 bits per heavy atom. The molecule has 4 atom stereocenters. The van der Waals surface area contributed by atoms with Gasteiger partial charge in [-0.2, -0.15) is 0 Å². The molecule has 5 rings (SSSR count). The summed E-state index contributed by atoms with van der Waals surface area (Å²) in [5, 5.41) is 2.94. The van der Waals surface area contributed by atoms with Gasteiger partial charge in [0.2, 0.25) is 5.91 Å². The van der Waals surface area contributed by atoms with E-state index < -0.39 is 11.9 Å². The average Bonchev–Trinajstić information content (AvgIpc) is 3.56. The molecule has 2 aromatic rings. The normalized spacial score (nSPS) is 21.3. The Morgan fingerprint density at radius 1 is 0.933 bits per heavy atom. The number of aromatic nitrogens is 2. The lowest BCUT2D eigenvalue weighted by atomic mass is 10.0. The van der Waals surface area contributed by atoms with Gasteiger partial charge in [-0.05, 0) is 31.1 Å². The topological polar surface area (TPSA) is 134 Å². The molecular weight excluding hydrogens is 576 g/mol. The molecule has 2 aliphatic heterocycles. The number of nitrogens with one attached hydrogen (secondary N) is 1. The zero-order valence-corrected chi connectivity index (χ0v) is 26.6. The van der Waals surface area contributed by atoms with Crippen molar-refractivity contribution in [2.75, 3.05) is 57.4 Å². The number of rotatable bonds is 11. The fourth-order valence-electron chi connectivity index (χ4n) is 6.16. The average molecular weight is 621 g/mol. The quantitative estimate of drug-likeness (QED) is 0.297. The van der Waals surface area contributed by atoms with Crippen LogP contribution < -0.4 is 10.2 Å². The smallest absolute Gasteiger partial charge is 0.409 e. The molecule has 1 aromatic heterocycles. The van der Waals surface area contributed by atoms with Crippen molar-refractivity contribution in [3.8, 4) is 11.4 Å². The highest BCUT2D eigenvalue weighted by Gasteiger charge is 2.60. The van der Waals surface area contributed by atoms with Gasteiger partial charge >= 0.3 is 12.1 Å². The van der Waals surface area contributed by atoms with E-state index in [2.05, 4.69) is 15.2 Å². The van der Waals surface area contributed by atoms with Crippen molar-refractivity contribution in [1.29, 1.82) is 0 Å². The van der Waals surface area contributed by atoms with Crippen LogP contribution in [-0.4, -0.2) is 102 Å². The summed E-state index contributed by atoms with van der Waals surface area (Å²) >= 11 is 0. The first-order valence-corrected chi connectivity index (χ1v) is 16.1. The fraction of sp³-hybridized carbons (Fsp3) is 0.576. The molecule has 0 radical (unpaired) electrons. The number of fused-ring (bicyclic) bond motifs is 1. The van der Waals surface area contributed by atoms with E-state index >= 15 is 0 Å². The van der Waals surface area contributed by atoms with E-state index in [1.807, 2.05) is 58.0 Å². The minimum atomic E-state index is -0.774. The molecule has 3 aliphatic rings. The van der Waals surface area contributed by atoms with Gasteiger partial charge in [-0.25, -0.2) is 14.8 Å². The number of unbranched alkanes of at least 4 members (excludes halogenated alkanes) is 1. The Balaban J connectivity index is 1.28. The third-order valence-corrected chi connectivity index (χ3v) is 8.85. The molecule has 3 fully saturated rings. The monoisotopic (exact) mass is 620 g/mol. The zero-order chi connectivity index (χ0) is 32.1. The van der Waals surface area contributed by atoms with Crippen LogP contribution in [0.3, 0.4) is 0 Å². The van der Waals surface area contributed by atoms with Crippen molar-refractivity contribution in [2.24, 2.45) is 23.7 Å². The fourth-order valence-corrected chi connectivity index (χ4v) is 6.16. The highest BCUT2D eigenvalue weighted by Crippen LogP contribution is 2.53. The van der Waals surface area contributed by atoms with Gasteiger partial charge in [0.15, 0.2) is 5.82 Å². The van der Waals surface area contributed by atoms with Crippen LogP contribution in [0.25, 0.3) is 11.4 Å². The number of hydrogen-bond acceptors (Lipinski definition) is 9. The number of piperazine rings is 1. The number of amides is 3. The number of piperidine rings is 1. The first-order chi connectivity index (χ1) is 21.7. The maximum Gasteiger partial charge on any atom is 0.409 e. The number of carbonyl (C=O) groups is 4. The molecule has 1 saturated carbocycles. The standard InChI is InChI=1S/C33H44N6O6/c1-5-7-17-45-33(43)38-15-13-37(14-16-38)31(41)28(21(3)4)36-30(40)25-18-26(35-29(34-25)22-11-9-8-10-12-22)39-19-23-24(20-39)27(23)32(42)44-6-2/h8-12,18,21,23-24,27-28H,5-7,13-17,19-20H2,1-4H3,(H,36,40)/t23-,24+,27?,28-/m0/s1. The Labute approximate surface area is 264 Å². The highest BCUT2D eigenvalue weighted by atomic mass is 16.6. The third-order valence-electron chi connectivity index (χ3n) is 8.85. The minimum absolute atomic E-state index is 0.0780. The largest absolute Gasteiger partial charge is 0.466 e. The van der Waals surface area contributed by atoms with Gasteiger partial charge in [0, 0.05) is 50.9 Å². The number of nitrogens with zero attached hydrogens (tertiary/aromatic N) is 5. The van der Waals surface area contributed by atoms with Crippen LogP contribution in [0.15, 0.2) is 36.4 Å². The van der Waals surface area contributed by atoms with E-state index in [0.717, 1.165) is 18.4 Å². The van der Waals surface area contributed by atoms with Crippen molar-refractivity contribution < 1.29 is 28.7 Å². The van der Waals surface area contributed by atoms with E-state index in [-0.39, 0.29) is 47.3 Å². The summed E-state index contributed by atoms with van der Waals surface area (Å²) < 4.78 is 10.6. The molecular formula is C33H44N6O6. The molecule has 1 aromatic carbocycles. The SMILES string of the molecule is CCCCOC(=O)N1CCN(C(=O)[C@@H](NC(=O)c2cc(N3C[C@@H]4C(C(=O)OCC)[C@@H]4C3)nc(-c3ccccc3)n2)C(C)C)CC1. The van der Waals surface area contributed by atoms with Crippen molar-refractivity contribution in [2.45, 2.75) is 46.6 Å². The first-order valence-electron chi connectivity index (χ1n) is 16.1. The minimum Gasteiger partial charge on any atom is -0.466 e. The predicted octanol–water partition coefficient (Wildman–Crippen LogP) is 3.22. The Kier molecular flexibility index (Phi) is 10.2. The maximum atomic E-state index is 13.7. The second kappa shape index (κ2) is 14.3. The molecule has 0 spiro atoms. The van der Waals surface area contributed by atoms with Crippen LogP contribution in [0.4, 0.5) is 10.6 Å². The van der Waals surface area contributed by atoms with Gasteiger partial charge in [0.05, 0.1) is 19.1 Å². The van der Waals surface area contributed by atoms with Gasteiger partial charge in [-0.1, -0.05) is 57.5 Å². The number of carbonyl (C=O) groups excluding carboxylic acids is 4. The molecule has 1 aliphatic carbocycles. The number of hydrogen-bond donors (Lipinski definition) is 1. The summed E-state index contributed by atoms with van der Waals surface area (Å²) in [4.78, 5) is 66.8. The molecule has 1 N–H and O–H groups in total. The van der Waals surface area contributed by atoms with E-state index in [9.17, 15) is 19.2 Å². The van der Waals surface area contributed by atoms with E-state index in [1.54, 1.807) is 15.9 Å². The Morgan fingerprint density at radius 2 is 1.60 bits per heavy atom.